The van der Waals surface area contributed by atoms with Gasteiger partial charge in [-0.1, -0.05) is 0 Å². The SMILES string of the molecule is CCOP(=O)(CNC(=O)N(CC(=O)O)C(=N)N)OCC. The third-order valence-corrected chi connectivity index (χ3v) is 3.75. The zero-order valence-electron chi connectivity index (χ0n) is 11.3. The van der Waals surface area contributed by atoms with E-state index in [0.29, 0.717) is 4.90 Å². The Labute approximate surface area is 116 Å². The van der Waals surface area contributed by atoms with E-state index < -0.39 is 38.4 Å². The lowest BCUT2D eigenvalue weighted by Gasteiger charge is -2.21. The Bertz CT molecular complexity index is 405. The molecule has 0 saturated carbocycles. The Kier molecular flexibility index (Phi) is 7.82. The maximum atomic E-state index is 12.1. The first kappa shape index (κ1) is 18.4. The molecule has 0 atom stereocenters. The van der Waals surface area contributed by atoms with Crippen LogP contribution in [0.15, 0.2) is 0 Å². The molecule has 0 rings (SSSR count). The molecule has 116 valence electrons. The van der Waals surface area contributed by atoms with Gasteiger partial charge < -0.3 is 25.2 Å². The van der Waals surface area contributed by atoms with Crippen LogP contribution in [0.25, 0.3) is 0 Å². The lowest BCUT2D eigenvalue weighted by molar-refractivity contribution is -0.136. The Morgan fingerprint density at radius 1 is 1.35 bits per heavy atom. The van der Waals surface area contributed by atoms with Crippen molar-refractivity contribution in [3.63, 3.8) is 0 Å². The summed E-state index contributed by atoms with van der Waals surface area (Å²) in [6.07, 6.45) is -0.448. The minimum atomic E-state index is -3.49. The first-order chi connectivity index (χ1) is 9.25. The fourth-order valence-electron chi connectivity index (χ4n) is 1.18. The molecular formula is C9H19N4O6P. The molecule has 0 saturated heterocycles. The highest BCUT2D eigenvalue weighted by Gasteiger charge is 2.27. The Hall–Kier alpha value is -1.64. The van der Waals surface area contributed by atoms with Gasteiger partial charge in [0.15, 0.2) is 5.96 Å². The van der Waals surface area contributed by atoms with Crippen LogP contribution in [0.1, 0.15) is 13.8 Å². The number of nitrogens with two attached hydrogens (primary N) is 1. The lowest BCUT2D eigenvalue weighted by Crippen LogP contribution is -2.49. The average molecular weight is 310 g/mol. The molecule has 0 spiro atoms. The maximum Gasteiger partial charge on any atom is 0.349 e. The van der Waals surface area contributed by atoms with E-state index in [-0.39, 0.29) is 13.2 Å². The van der Waals surface area contributed by atoms with Crippen LogP contribution in [0.3, 0.4) is 0 Å². The van der Waals surface area contributed by atoms with Crippen molar-refractivity contribution in [1.29, 1.82) is 5.41 Å². The first-order valence-electron chi connectivity index (χ1n) is 5.75. The van der Waals surface area contributed by atoms with Gasteiger partial charge in [0.05, 0.1) is 13.2 Å². The number of carboxylic acids is 1. The van der Waals surface area contributed by atoms with Crippen molar-refractivity contribution >= 4 is 25.6 Å². The van der Waals surface area contributed by atoms with Gasteiger partial charge in [-0.2, -0.15) is 0 Å². The molecule has 0 fully saturated rings. The van der Waals surface area contributed by atoms with Crippen LogP contribution < -0.4 is 11.1 Å². The van der Waals surface area contributed by atoms with E-state index in [0.717, 1.165) is 0 Å². The zero-order valence-corrected chi connectivity index (χ0v) is 12.2. The summed E-state index contributed by atoms with van der Waals surface area (Å²) in [7, 11) is -3.49. The summed E-state index contributed by atoms with van der Waals surface area (Å²) in [6, 6.07) is -0.973. The van der Waals surface area contributed by atoms with Gasteiger partial charge in [-0.05, 0) is 13.8 Å². The summed E-state index contributed by atoms with van der Waals surface area (Å²) in [5.74, 6) is -2.08. The summed E-state index contributed by atoms with van der Waals surface area (Å²) in [4.78, 5) is 22.7. The molecule has 11 heteroatoms. The quantitative estimate of drug-likeness (QED) is 0.283. The highest BCUT2D eigenvalue weighted by molar-refractivity contribution is 7.53. The van der Waals surface area contributed by atoms with Gasteiger partial charge in [-0.15, -0.1) is 0 Å². The van der Waals surface area contributed by atoms with Crippen LogP contribution in [-0.2, 0) is 18.4 Å². The van der Waals surface area contributed by atoms with Gasteiger partial charge in [0.1, 0.15) is 12.8 Å². The van der Waals surface area contributed by atoms with E-state index in [2.05, 4.69) is 5.32 Å². The number of carbonyl (C=O) groups is 2. The number of urea groups is 1. The van der Waals surface area contributed by atoms with Crippen LogP contribution in [-0.4, -0.2) is 54.0 Å². The maximum absolute atomic E-state index is 12.1. The summed E-state index contributed by atoms with van der Waals surface area (Å²) in [6.45, 7) is 2.69. The van der Waals surface area contributed by atoms with Crippen LogP contribution >= 0.6 is 7.60 Å². The van der Waals surface area contributed by atoms with Gasteiger partial charge >= 0.3 is 19.6 Å². The molecule has 0 heterocycles. The normalized spacial score (nSPS) is 10.9. The van der Waals surface area contributed by atoms with Crippen molar-refractivity contribution in [1.82, 2.24) is 10.2 Å². The standard InChI is InChI=1S/C9H19N4O6P/c1-3-18-20(17,19-4-2)6-12-9(16)13(8(10)11)5-7(14)15/h3-6H2,1-2H3,(H3,10,11)(H,12,16)(H,14,15). The number of nitrogens with one attached hydrogen (secondary N) is 2. The van der Waals surface area contributed by atoms with E-state index in [1.54, 1.807) is 13.8 Å². The van der Waals surface area contributed by atoms with E-state index in [9.17, 15) is 14.2 Å². The molecule has 0 radical (unpaired) electrons. The number of guanidine groups is 1. The second kappa shape index (κ2) is 8.51. The van der Waals surface area contributed by atoms with Crippen LogP contribution in [0.2, 0.25) is 0 Å². The molecule has 0 aliphatic heterocycles. The van der Waals surface area contributed by atoms with Crippen molar-refractivity contribution in [2.24, 2.45) is 5.73 Å². The van der Waals surface area contributed by atoms with Gasteiger partial charge in [-0.3, -0.25) is 19.7 Å². The minimum absolute atomic E-state index is 0.124. The average Bonchev–Trinajstić information content (AvgIpc) is 2.33. The monoisotopic (exact) mass is 310 g/mol. The Balaban J connectivity index is 4.67. The smallest absolute Gasteiger partial charge is 0.349 e. The number of carbonyl (C=O) groups excluding carboxylic acids is 1. The van der Waals surface area contributed by atoms with Gasteiger partial charge in [-0.25, -0.2) is 4.79 Å². The second-order valence-corrected chi connectivity index (χ2v) is 5.51. The molecule has 0 aromatic heterocycles. The number of nitrogens with zero attached hydrogens (tertiary/aromatic N) is 1. The number of carboxylic acid groups (broad SMARTS) is 1. The number of aliphatic carboxylic acids is 1. The number of amides is 2. The number of rotatable bonds is 8. The molecule has 0 aromatic carbocycles. The van der Waals surface area contributed by atoms with Gasteiger partial charge in [0, 0.05) is 0 Å². The van der Waals surface area contributed by atoms with Crippen LogP contribution in [0.5, 0.6) is 0 Å². The fraction of sp³-hybridized carbons (Fsp3) is 0.667. The predicted octanol–water partition coefficient (Wildman–Crippen LogP) is 0.200. The topological polar surface area (TPSA) is 155 Å². The lowest BCUT2D eigenvalue weighted by atomic mass is 10.5. The minimum Gasteiger partial charge on any atom is -0.480 e. The second-order valence-electron chi connectivity index (χ2n) is 3.45. The van der Waals surface area contributed by atoms with Crippen LogP contribution in [0, 0.1) is 5.41 Å². The molecule has 5 N–H and O–H groups in total. The summed E-state index contributed by atoms with van der Waals surface area (Å²) in [5.41, 5.74) is 5.10. The molecule has 0 bridgehead atoms. The Morgan fingerprint density at radius 3 is 2.20 bits per heavy atom. The van der Waals surface area contributed by atoms with Crippen LogP contribution in [0.4, 0.5) is 4.79 Å². The molecule has 0 aliphatic carbocycles. The summed E-state index contributed by atoms with van der Waals surface area (Å²) < 4.78 is 21.9. The first-order valence-corrected chi connectivity index (χ1v) is 7.47. The molecule has 0 aromatic rings. The number of hydrogen-bond donors (Lipinski definition) is 4. The van der Waals surface area contributed by atoms with Crippen molar-refractivity contribution in [2.75, 3.05) is 26.0 Å². The number of hydrogen-bond acceptors (Lipinski definition) is 6. The van der Waals surface area contributed by atoms with Gasteiger partial charge in [0.25, 0.3) is 0 Å². The Morgan fingerprint density at radius 2 is 1.85 bits per heavy atom. The highest BCUT2D eigenvalue weighted by Crippen LogP contribution is 2.46. The molecule has 0 aliphatic rings. The third kappa shape index (κ3) is 6.50. The van der Waals surface area contributed by atoms with Crippen molar-refractivity contribution in [3.05, 3.63) is 0 Å². The predicted molar refractivity (Wildman–Crippen MR) is 70.5 cm³/mol. The largest absolute Gasteiger partial charge is 0.480 e. The third-order valence-electron chi connectivity index (χ3n) is 1.90. The fourth-order valence-corrected chi connectivity index (χ4v) is 2.56. The molecule has 2 amide bonds. The summed E-state index contributed by atoms with van der Waals surface area (Å²) in [5, 5.41) is 17.9. The van der Waals surface area contributed by atoms with E-state index in [1.807, 2.05) is 0 Å². The van der Waals surface area contributed by atoms with Crippen molar-refractivity contribution in [2.45, 2.75) is 13.8 Å². The van der Waals surface area contributed by atoms with Crippen molar-refractivity contribution < 1.29 is 28.3 Å². The van der Waals surface area contributed by atoms with Gasteiger partial charge in [0.2, 0.25) is 0 Å². The zero-order chi connectivity index (χ0) is 15.8. The van der Waals surface area contributed by atoms with Crippen molar-refractivity contribution in [3.8, 4) is 0 Å². The molecular weight excluding hydrogens is 291 g/mol. The summed E-state index contributed by atoms with van der Waals surface area (Å²) >= 11 is 0. The molecule has 0 unspecified atom stereocenters. The molecule has 10 nitrogen and oxygen atoms in total. The van der Waals surface area contributed by atoms with E-state index in [1.165, 1.54) is 0 Å². The molecule has 20 heavy (non-hydrogen) atoms. The van der Waals surface area contributed by atoms with E-state index in [4.69, 9.17) is 25.3 Å². The van der Waals surface area contributed by atoms with E-state index >= 15 is 0 Å². The highest BCUT2D eigenvalue weighted by atomic mass is 31.2.